The average molecular weight is 776 g/mol. The van der Waals surface area contributed by atoms with Gasteiger partial charge in [0.1, 0.15) is 5.75 Å². The maximum atomic E-state index is 13.6. The third-order valence-corrected chi connectivity index (χ3v) is 12.3. The second-order valence-electron chi connectivity index (χ2n) is 16.9. The van der Waals surface area contributed by atoms with Crippen LogP contribution in [-0.2, 0) is 4.79 Å². The minimum Gasteiger partial charge on any atom is -0.483 e. The summed E-state index contributed by atoms with van der Waals surface area (Å²) in [6, 6.07) is 5.22. The second kappa shape index (κ2) is 29.1. The Balaban J connectivity index is 0. The monoisotopic (exact) mass is 776 g/mol. The first-order valence-electron chi connectivity index (χ1n) is 21.5. The number of ether oxygens (including phenoxy) is 1. The number of hydrogen-bond donors (Lipinski definition) is 1. The number of halogens is 1. The van der Waals surface area contributed by atoms with Gasteiger partial charge < -0.3 is 14.7 Å². The molecule has 0 spiro atoms. The van der Waals surface area contributed by atoms with E-state index in [9.17, 15) is 4.39 Å². The molecule has 5 unspecified atom stereocenters. The molecule has 0 aromatic heterocycles. The number of rotatable bonds is 20. The molecule has 4 nitrogen and oxygen atoms in total. The number of carbonyl (C=O) groups is 1. The Labute approximate surface area is 339 Å². The fraction of sp³-hybridized carbons (Fsp3) is 0.729. The van der Waals surface area contributed by atoms with Crippen LogP contribution < -0.4 is 9.64 Å². The Hall–Kier alpha value is -2.21. The number of hydrogen-bond acceptors (Lipinski definition) is 4. The quantitative estimate of drug-likeness (QED) is 0.106. The van der Waals surface area contributed by atoms with Gasteiger partial charge >= 0.3 is 0 Å². The van der Waals surface area contributed by atoms with Crippen molar-refractivity contribution in [2.75, 3.05) is 18.0 Å². The van der Waals surface area contributed by atoms with Crippen molar-refractivity contribution in [3.8, 4) is 5.75 Å². The van der Waals surface area contributed by atoms with Crippen LogP contribution in [0.4, 0.5) is 10.1 Å². The van der Waals surface area contributed by atoms with E-state index < -0.39 is 6.01 Å². The van der Waals surface area contributed by atoms with E-state index in [1.54, 1.807) is 11.8 Å². The molecule has 1 aliphatic heterocycles. The van der Waals surface area contributed by atoms with E-state index in [0.717, 1.165) is 59.3 Å². The zero-order valence-corrected chi connectivity index (χ0v) is 38.7. The van der Waals surface area contributed by atoms with E-state index in [4.69, 9.17) is 14.6 Å². The summed E-state index contributed by atoms with van der Waals surface area (Å²) in [7, 11) is 0. The molecule has 1 aromatic carbocycles. The lowest BCUT2D eigenvalue weighted by Gasteiger charge is -2.35. The maximum absolute atomic E-state index is 13.6. The van der Waals surface area contributed by atoms with Crippen molar-refractivity contribution < 1.29 is 19.0 Å². The van der Waals surface area contributed by atoms with Crippen LogP contribution in [0.15, 0.2) is 48.4 Å². The summed E-state index contributed by atoms with van der Waals surface area (Å²) in [5.74, 6) is 4.42. The van der Waals surface area contributed by atoms with Gasteiger partial charge in [-0.25, -0.2) is 0 Å². The van der Waals surface area contributed by atoms with E-state index in [2.05, 4.69) is 120 Å². The smallest absolute Gasteiger partial charge is 0.290 e. The molecule has 1 N–H and O–H groups in total. The zero-order chi connectivity index (χ0) is 42.1. The first kappa shape index (κ1) is 53.9. The summed E-state index contributed by atoms with van der Waals surface area (Å²) in [6.07, 6.45) is 16.4. The Bertz CT molecular complexity index is 1200. The first-order chi connectivity index (χ1) is 25.4. The standard InChI is InChI=1S/C28H42FNOS.C17H36.C2H6.CH2O2/c1-9-21(6)18-28(11-3)14-15-30(19-28)24-12-13-27(31-23(8)29)26(17-24)22(7)32-25(10-2)16-20(4)5;1-8-11-15(10-3)13-16(17(5,6)7)12-14(4)9-2;1-2;2-1-3/h12-13,16-17,20-21H,7-11,14-15,18-19H2,1-6H3;14-16H,8-13H2,1-7H3;1-2H3;1H,(H,2,3)/b25-16-;;;. The fourth-order valence-electron chi connectivity index (χ4n) is 7.34. The molecule has 54 heavy (non-hydrogen) atoms. The van der Waals surface area contributed by atoms with Gasteiger partial charge in [0.15, 0.2) is 0 Å². The van der Waals surface area contributed by atoms with E-state index >= 15 is 0 Å². The highest BCUT2D eigenvalue weighted by molar-refractivity contribution is 8.11. The fourth-order valence-corrected chi connectivity index (χ4v) is 8.41. The number of allylic oxidation sites excluding steroid dienone is 2. The molecule has 1 fully saturated rings. The largest absolute Gasteiger partial charge is 0.483 e. The predicted octanol–water partition coefficient (Wildman–Crippen LogP) is 16.2. The van der Waals surface area contributed by atoms with E-state index in [1.807, 2.05) is 26.0 Å². The predicted molar refractivity (Wildman–Crippen MR) is 241 cm³/mol. The van der Waals surface area contributed by atoms with Gasteiger partial charge in [0, 0.05) is 29.2 Å². The van der Waals surface area contributed by atoms with Crippen LogP contribution in [0.1, 0.15) is 180 Å². The topological polar surface area (TPSA) is 49.8 Å². The van der Waals surface area contributed by atoms with Crippen LogP contribution in [0.3, 0.4) is 0 Å². The van der Waals surface area contributed by atoms with Gasteiger partial charge in [0.25, 0.3) is 12.5 Å². The highest BCUT2D eigenvalue weighted by Crippen LogP contribution is 2.45. The molecule has 0 aliphatic carbocycles. The molecular formula is C48H86FNO3S. The summed E-state index contributed by atoms with van der Waals surface area (Å²) in [5.41, 5.74) is 2.85. The molecule has 1 aliphatic rings. The second-order valence-corrected chi connectivity index (χ2v) is 18.1. The Morgan fingerprint density at radius 3 is 2.04 bits per heavy atom. The number of nitrogens with zero attached hydrogens (tertiary/aromatic N) is 1. The molecule has 1 heterocycles. The number of carboxylic acid groups (broad SMARTS) is 1. The normalized spacial score (nSPS) is 17.8. The Kier molecular flexibility index (Phi) is 29.0. The van der Waals surface area contributed by atoms with Gasteiger partial charge in [-0.3, -0.25) is 4.79 Å². The highest BCUT2D eigenvalue weighted by Gasteiger charge is 2.37. The molecule has 0 bridgehead atoms. The average Bonchev–Trinajstić information content (AvgIpc) is 3.55. The zero-order valence-electron chi connectivity index (χ0n) is 37.9. The molecule has 6 heteroatoms. The van der Waals surface area contributed by atoms with Crippen LogP contribution in [0, 0.1) is 40.4 Å². The SMILES string of the molecule is C=C(F)Oc1ccc(N2CCC(CC)(CC(C)CC)C2)cc1C(=C)S/C(=C\C(C)C)CC.CC.CCCC(CC)CC(CC(C)CC)C(C)(C)C.O=CO. The Morgan fingerprint density at radius 1 is 1.00 bits per heavy atom. The summed E-state index contributed by atoms with van der Waals surface area (Å²) in [4.78, 5) is 13.0. The van der Waals surface area contributed by atoms with Gasteiger partial charge in [0.05, 0.1) is 0 Å². The van der Waals surface area contributed by atoms with Crippen molar-refractivity contribution in [1.82, 2.24) is 0 Å². The van der Waals surface area contributed by atoms with E-state index in [0.29, 0.717) is 22.5 Å². The van der Waals surface area contributed by atoms with Gasteiger partial charge in [0.2, 0.25) is 0 Å². The summed E-state index contributed by atoms with van der Waals surface area (Å²) < 4.78 is 18.9. The van der Waals surface area contributed by atoms with Crippen molar-refractivity contribution in [3.05, 3.63) is 53.9 Å². The molecule has 314 valence electrons. The summed E-state index contributed by atoms with van der Waals surface area (Å²) in [5, 5.41) is 6.89. The Morgan fingerprint density at radius 2 is 1.59 bits per heavy atom. The molecule has 0 radical (unpaired) electrons. The van der Waals surface area contributed by atoms with Gasteiger partial charge in [-0.2, -0.15) is 4.39 Å². The van der Waals surface area contributed by atoms with Crippen LogP contribution in [0.5, 0.6) is 5.75 Å². The highest BCUT2D eigenvalue weighted by atomic mass is 32.2. The third-order valence-electron chi connectivity index (χ3n) is 11.1. The van der Waals surface area contributed by atoms with Crippen LogP contribution in [0.2, 0.25) is 0 Å². The van der Waals surface area contributed by atoms with Crippen LogP contribution >= 0.6 is 11.8 Å². The van der Waals surface area contributed by atoms with E-state index in [-0.39, 0.29) is 6.47 Å². The number of thioether (sulfide) groups is 1. The first-order valence-corrected chi connectivity index (χ1v) is 22.3. The lowest BCUT2D eigenvalue weighted by molar-refractivity contribution is -0.122. The minimum absolute atomic E-state index is 0.250. The minimum atomic E-state index is -0.801. The number of benzene rings is 1. The lowest BCUT2D eigenvalue weighted by atomic mass is 9.70. The van der Waals surface area contributed by atoms with Gasteiger partial charge in [-0.15, -0.1) is 0 Å². The molecular weight excluding hydrogens is 690 g/mol. The van der Waals surface area contributed by atoms with Crippen molar-refractivity contribution >= 4 is 28.8 Å². The third kappa shape index (κ3) is 21.2. The molecule has 0 amide bonds. The van der Waals surface area contributed by atoms with Gasteiger partial charge in [-0.05, 0) is 109 Å². The van der Waals surface area contributed by atoms with Crippen LogP contribution in [-0.4, -0.2) is 24.7 Å². The van der Waals surface area contributed by atoms with Crippen LogP contribution in [0.25, 0.3) is 4.91 Å². The van der Waals surface area contributed by atoms with Crippen molar-refractivity contribution in [2.45, 2.75) is 174 Å². The van der Waals surface area contributed by atoms with Crippen molar-refractivity contribution in [3.63, 3.8) is 0 Å². The number of anilines is 1. The van der Waals surface area contributed by atoms with Gasteiger partial charge in [-0.1, -0.05) is 160 Å². The maximum Gasteiger partial charge on any atom is 0.290 e. The molecule has 1 aromatic rings. The van der Waals surface area contributed by atoms with Crippen molar-refractivity contribution in [2.24, 2.45) is 40.4 Å². The lowest BCUT2D eigenvalue weighted by Crippen LogP contribution is -2.28. The summed E-state index contributed by atoms with van der Waals surface area (Å²) >= 11 is 1.65. The van der Waals surface area contributed by atoms with E-state index in [1.165, 1.54) is 69.1 Å². The molecule has 1 saturated heterocycles. The van der Waals surface area contributed by atoms with Crippen molar-refractivity contribution in [1.29, 1.82) is 0 Å². The molecule has 0 saturated carbocycles. The molecule has 5 atom stereocenters. The summed E-state index contributed by atoms with van der Waals surface area (Å²) in [6.45, 7) is 43.7. The molecule has 2 rings (SSSR count).